The third-order valence-corrected chi connectivity index (χ3v) is 3.07. The fourth-order valence-electron chi connectivity index (χ4n) is 1.86. The molecule has 0 atom stereocenters. The topological polar surface area (TPSA) is 38.3 Å². The molecule has 1 N–H and O–H groups in total. The van der Waals surface area contributed by atoms with Crippen LogP contribution in [0.3, 0.4) is 0 Å². The summed E-state index contributed by atoms with van der Waals surface area (Å²) in [4.78, 5) is 10.4. The molecule has 2 rings (SSSR count). The summed E-state index contributed by atoms with van der Waals surface area (Å²) in [7, 11) is 0. The molecule has 122 valence electrons. The Morgan fingerprint density at radius 2 is 1.74 bits per heavy atom. The minimum absolute atomic E-state index is 0.00707. The Morgan fingerprint density at radius 3 is 2.30 bits per heavy atom. The lowest BCUT2D eigenvalue weighted by atomic mass is 10.0. The number of hydrogen-bond acceptors (Lipinski definition) is 2. The minimum Gasteiger partial charge on any atom is -0.406 e. The maximum absolute atomic E-state index is 14.2. The molecular weight excluding hydrogens is 345 g/mol. The standard InChI is InChI=1S/C14H7ClF5NO2/c15-10-5-7(23-14(18,19)20)1-2-8(10)9-3-4-11(16)13(12(9)17)21-6-22/h1-6H,(H,21,22). The zero-order chi connectivity index (χ0) is 17.2. The van der Waals surface area contributed by atoms with Gasteiger partial charge in [-0.15, -0.1) is 13.2 Å². The van der Waals surface area contributed by atoms with Crippen LogP contribution < -0.4 is 10.1 Å². The number of alkyl halides is 3. The molecule has 0 fully saturated rings. The van der Waals surface area contributed by atoms with Crippen molar-refractivity contribution in [1.82, 2.24) is 0 Å². The Hall–Kier alpha value is -2.35. The van der Waals surface area contributed by atoms with Crippen molar-refractivity contribution in [2.24, 2.45) is 0 Å². The van der Waals surface area contributed by atoms with Crippen molar-refractivity contribution in [2.75, 3.05) is 5.32 Å². The van der Waals surface area contributed by atoms with Gasteiger partial charge in [-0.1, -0.05) is 11.6 Å². The first kappa shape index (κ1) is 17.0. The van der Waals surface area contributed by atoms with Gasteiger partial charge in [0.05, 0.1) is 5.02 Å². The van der Waals surface area contributed by atoms with E-state index in [1.54, 1.807) is 0 Å². The molecule has 0 aliphatic carbocycles. The van der Waals surface area contributed by atoms with Gasteiger partial charge in [0, 0.05) is 11.1 Å². The molecule has 0 radical (unpaired) electrons. The third-order valence-electron chi connectivity index (χ3n) is 2.76. The van der Waals surface area contributed by atoms with E-state index in [9.17, 15) is 26.7 Å². The summed E-state index contributed by atoms with van der Waals surface area (Å²) in [5.41, 5.74) is -0.879. The molecule has 1 amide bonds. The van der Waals surface area contributed by atoms with Crippen molar-refractivity contribution >= 4 is 23.7 Å². The van der Waals surface area contributed by atoms with Crippen LogP contribution in [0.5, 0.6) is 5.75 Å². The highest BCUT2D eigenvalue weighted by Crippen LogP contribution is 2.36. The van der Waals surface area contributed by atoms with E-state index in [-0.39, 0.29) is 22.6 Å². The molecule has 0 spiro atoms. The smallest absolute Gasteiger partial charge is 0.406 e. The average Bonchev–Trinajstić information content (AvgIpc) is 2.43. The lowest BCUT2D eigenvalue weighted by molar-refractivity contribution is -0.274. The highest BCUT2D eigenvalue weighted by atomic mass is 35.5. The van der Waals surface area contributed by atoms with E-state index >= 15 is 0 Å². The van der Waals surface area contributed by atoms with Crippen molar-refractivity contribution in [1.29, 1.82) is 0 Å². The van der Waals surface area contributed by atoms with E-state index in [2.05, 4.69) is 4.74 Å². The number of anilines is 1. The molecule has 0 aromatic heterocycles. The highest BCUT2D eigenvalue weighted by molar-refractivity contribution is 6.33. The van der Waals surface area contributed by atoms with Gasteiger partial charge in [-0.2, -0.15) is 0 Å². The third kappa shape index (κ3) is 3.89. The number of carbonyl (C=O) groups excluding carboxylic acids is 1. The van der Waals surface area contributed by atoms with Crippen LogP contribution in [0.15, 0.2) is 30.3 Å². The molecular formula is C14H7ClF5NO2. The Kier molecular flexibility index (Phi) is 4.74. The zero-order valence-electron chi connectivity index (χ0n) is 11.0. The van der Waals surface area contributed by atoms with Crippen LogP contribution in [-0.2, 0) is 4.79 Å². The van der Waals surface area contributed by atoms with Gasteiger partial charge in [0.2, 0.25) is 6.41 Å². The summed E-state index contributed by atoms with van der Waals surface area (Å²) in [6.45, 7) is 0. The maximum Gasteiger partial charge on any atom is 0.573 e. The van der Waals surface area contributed by atoms with Crippen LogP contribution in [0.25, 0.3) is 11.1 Å². The lowest BCUT2D eigenvalue weighted by Gasteiger charge is -2.13. The average molecular weight is 352 g/mol. The van der Waals surface area contributed by atoms with E-state index < -0.39 is 29.4 Å². The molecule has 3 nitrogen and oxygen atoms in total. The Labute approximate surface area is 131 Å². The molecule has 2 aromatic rings. The van der Waals surface area contributed by atoms with Crippen molar-refractivity contribution in [3.8, 4) is 16.9 Å². The molecule has 0 saturated heterocycles. The van der Waals surface area contributed by atoms with Crippen LogP contribution in [0.1, 0.15) is 0 Å². The summed E-state index contributed by atoms with van der Waals surface area (Å²) < 4.78 is 67.8. The number of carbonyl (C=O) groups is 1. The minimum atomic E-state index is -4.90. The zero-order valence-corrected chi connectivity index (χ0v) is 11.8. The van der Waals surface area contributed by atoms with E-state index in [0.717, 1.165) is 30.3 Å². The largest absolute Gasteiger partial charge is 0.573 e. The van der Waals surface area contributed by atoms with Crippen molar-refractivity contribution in [3.05, 3.63) is 47.0 Å². The molecule has 0 unspecified atom stereocenters. The van der Waals surface area contributed by atoms with Gasteiger partial charge in [0.1, 0.15) is 17.3 Å². The van der Waals surface area contributed by atoms with Crippen LogP contribution in [0.4, 0.5) is 27.6 Å². The van der Waals surface area contributed by atoms with E-state index in [1.807, 2.05) is 5.32 Å². The first-order valence-electron chi connectivity index (χ1n) is 5.97. The second-order valence-corrected chi connectivity index (χ2v) is 4.64. The fraction of sp³-hybridized carbons (Fsp3) is 0.0714. The van der Waals surface area contributed by atoms with Gasteiger partial charge in [-0.05, 0) is 30.3 Å². The normalized spacial score (nSPS) is 11.2. The van der Waals surface area contributed by atoms with Crippen LogP contribution >= 0.6 is 11.6 Å². The van der Waals surface area contributed by atoms with Gasteiger partial charge in [-0.25, -0.2) is 8.78 Å². The molecule has 0 heterocycles. The van der Waals surface area contributed by atoms with E-state index in [0.29, 0.717) is 0 Å². The van der Waals surface area contributed by atoms with Gasteiger partial charge in [0.25, 0.3) is 0 Å². The summed E-state index contributed by atoms with van der Waals surface area (Å²) in [5.74, 6) is -2.70. The molecule has 2 aromatic carbocycles. The molecule has 0 bridgehead atoms. The SMILES string of the molecule is O=CNc1c(F)ccc(-c2ccc(OC(F)(F)F)cc2Cl)c1F. The number of benzene rings is 2. The van der Waals surface area contributed by atoms with Gasteiger partial charge < -0.3 is 10.1 Å². The first-order valence-corrected chi connectivity index (χ1v) is 6.34. The van der Waals surface area contributed by atoms with E-state index in [4.69, 9.17) is 11.6 Å². The monoisotopic (exact) mass is 351 g/mol. The number of amides is 1. The number of ether oxygens (including phenoxy) is 1. The summed E-state index contributed by atoms with van der Waals surface area (Å²) in [5, 5.41) is 1.63. The number of rotatable bonds is 4. The van der Waals surface area contributed by atoms with Gasteiger partial charge >= 0.3 is 6.36 Å². The van der Waals surface area contributed by atoms with Crippen molar-refractivity contribution in [2.45, 2.75) is 6.36 Å². The summed E-state index contributed by atoms with van der Waals surface area (Å²) in [6, 6.07) is 4.81. The molecule has 23 heavy (non-hydrogen) atoms. The number of halogens is 6. The number of hydrogen-bond donors (Lipinski definition) is 1. The molecule has 0 aliphatic rings. The number of nitrogens with one attached hydrogen (secondary N) is 1. The maximum atomic E-state index is 14.2. The van der Waals surface area contributed by atoms with Crippen molar-refractivity contribution in [3.63, 3.8) is 0 Å². The Morgan fingerprint density at radius 1 is 1.09 bits per heavy atom. The second kappa shape index (κ2) is 6.41. The van der Waals surface area contributed by atoms with E-state index in [1.165, 1.54) is 0 Å². The predicted octanol–water partition coefficient (Wildman–Crippen LogP) is 4.75. The first-order chi connectivity index (χ1) is 10.7. The summed E-state index contributed by atoms with van der Waals surface area (Å²) >= 11 is 5.84. The van der Waals surface area contributed by atoms with Crippen LogP contribution in [0, 0.1) is 11.6 Å². The van der Waals surface area contributed by atoms with Gasteiger partial charge in [-0.3, -0.25) is 4.79 Å². The fourth-order valence-corrected chi connectivity index (χ4v) is 2.14. The highest BCUT2D eigenvalue weighted by Gasteiger charge is 2.31. The molecule has 0 aliphatic heterocycles. The van der Waals surface area contributed by atoms with Crippen LogP contribution in [0.2, 0.25) is 5.02 Å². The molecule has 0 saturated carbocycles. The van der Waals surface area contributed by atoms with Crippen LogP contribution in [-0.4, -0.2) is 12.8 Å². The quantitative estimate of drug-likeness (QED) is 0.637. The second-order valence-electron chi connectivity index (χ2n) is 4.24. The van der Waals surface area contributed by atoms with Gasteiger partial charge in [0.15, 0.2) is 5.82 Å². The van der Waals surface area contributed by atoms with Crippen molar-refractivity contribution < 1.29 is 31.5 Å². The molecule has 9 heteroatoms. The summed E-state index contributed by atoms with van der Waals surface area (Å²) in [6.07, 6.45) is -4.81. The lowest BCUT2D eigenvalue weighted by Crippen LogP contribution is -2.17. The Bertz CT molecular complexity index is 749. The Balaban J connectivity index is 2.47. The predicted molar refractivity (Wildman–Crippen MR) is 73.2 cm³/mol.